The van der Waals surface area contributed by atoms with Crippen molar-refractivity contribution in [2.75, 3.05) is 24.6 Å². The molecular formula is C14H17ClN2O3. The third-order valence-corrected chi connectivity index (χ3v) is 3.42. The number of nitrogens with one attached hydrogen (secondary N) is 1. The van der Waals surface area contributed by atoms with Crippen molar-refractivity contribution in [1.29, 1.82) is 0 Å². The van der Waals surface area contributed by atoms with E-state index in [1.165, 1.54) is 0 Å². The standard InChI is InChI=1S/C14H17ClN2O3/c15-10-4-5-11(14(20)16-6-2-8-18)12(9-10)17-7-1-3-13(17)19/h4-5,9,18H,1-3,6-8H2,(H,16,20). The summed E-state index contributed by atoms with van der Waals surface area (Å²) in [7, 11) is 0. The summed E-state index contributed by atoms with van der Waals surface area (Å²) in [6, 6.07) is 4.90. The van der Waals surface area contributed by atoms with Gasteiger partial charge in [0, 0.05) is 31.1 Å². The lowest BCUT2D eigenvalue weighted by molar-refractivity contribution is -0.117. The maximum Gasteiger partial charge on any atom is 0.253 e. The molecule has 0 saturated carbocycles. The van der Waals surface area contributed by atoms with Crippen LogP contribution in [-0.4, -0.2) is 36.6 Å². The van der Waals surface area contributed by atoms with Gasteiger partial charge >= 0.3 is 0 Å². The van der Waals surface area contributed by atoms with E-state index in [0.29, 0.717) is 42.2 Å². The van der Waals surface area contributed by atoms with Gasteiger partial charge in [-0.25, -0.2) is 0 Å². The molecule has 1 aliphatic rings. The van der Waals surface area contributed by atoms with Crippen LogP contribution in [0.1, 0.15) is 29.6 Å². The van der Waals surface area contributed by atoms with Crippen molar-refractivity contribution < 1.29 is 14.7 Å². The summed E-state index contributed by atoms with van der Waals surface area (Å²) in [4.78, 5) is 25.6. The highest BCUT2D eigenvalue weighted by Gasteiger charge is 2.26. The summed E-state index contributed by atoms with van der Waals surface area (Å²) in [6.45, 7) is 1.03. The molecule has 2 N–H and O–H groups in total. The lowest BCUT2D eigenvalue weighted by atomic mass is 10.1. The molecule has 108 valence electrons. The molecule has 1 heterocycles. The maximum absolute atomic E-state index is 12.1. The van der Waals surface area contributed by atoms with Crippen LogP contribution in [0.15, 0.2) is 18.2 Å². The van der Waals surface area contributed by atoms with Crippen LogP contribution in [0.3, 0.4) is 0 Å². The zero-order valence-electron chi connectivity index (χ0n) is 11.1. The molecule has 2 rings (SSSR count). The third-order valence-electron chi connectivity index (χ3n) is 3.19. The quantitative estimate of drug-likeness (QED) is 0.811. The summed E-state index contributed by atoms with van der Waals surface area (Å²) >= 11 is 5.97. The van der Waals surface area contributed by atoms with E-state index >= 15 is 0 Å². The van der Waals surface area contributed by atoms with Gasteiger partial charge in [0.1, 0.15) is 0 Å². The van der Waals surface area contributed by atoms with Crippen molar-refractivity contribution in [3.05, 3.63) is 28.8 Å². The van der Waals surface area contributed by atoms with Crippen LogP contribution in [0.5, 0.6) is 0 Å². The van der Waals surface area contributed by atoms with E-state index in [0.717, 1.165) is 6.42 Å². The van der Waals surface area contributed by atoms with Crippen molar-refractivity contribution in [1.82, 2.24) is 5.32 Å². The number of halogens is 1. The summed E-state index contributed by atoms with van der Waals surface area (Å²) in [5.74, 6) is -0.249. The van der Waals surface area contributed by atoms with Crippen LogP contribution >= 0.6 is 11.6 Å². The molecule has 0 atom stereocenters. The zero-order chi connectivity index (χ0) is 14.5. The highest BCUT2D eigenvalue weighted by Crippen LogP contribution is 2.28. The lowest BCUT2D eigenvalue weighted by Gasteiger charge is -2.19. The summed E-state index contributed by atoms with van der Waals surface area (Å²) < 4.78 is 0. The number of benzene rings is 1. The van der Waals surface area contributed by atoms with Crippen molar-refractivity contribution in [3.63, 3.8) is 0 Å². The number of carbonyl (C=O) groups excluding carboxylic acids is 2. The molecule has 1 fully saturated rings. The monoisotopic (exact) mass is 296 g/mol. The molecular weight excluding hydrogens is 280 g/mol. The Hall–Kier alpha value is -1.59. The Labute approximate surface area is 122 Å². The smallest absolute Gasteiger partial charge is 0.253 e. The molecule has 1 aliphatic heterocycles. The molecule has 0 bridgehead atoms. The van der Waals surface area contributed by atoms with Gasteiger partial charge in [-0.05, 0) is 31.0 Å². The average Bonchev–Trinajstić information content (AvgIpc) is 2.85. The molecule has 0 unspecified atom stereocenters. The number of nitrogens with zero attached hydrogens (tertiary/aromatic N) is 1. The van der Waals surface area contributed by atoms with Crippen LogP contribution in [0.25, 0.3) is 0 Å². The van der Waals surface area contributed by atoms with Gasteiger partial charge in [-0.15, -0.1) is 0 Å². The first-order valence-electron chi connectivity index (χ1n) is 6.62. The Bertz CT molecular complexity index is 519. The molecule has 5 nitrogen and oxygen atoms in total. The van der Waals surface area contributed by atoms with Gasteiger partial charge in [-0.1, -0.05) is 11.6 Å². The Morgan fingerprint density at radius 1 is 1.45 bits per heavy atom. The summed E-state index contributed by atoms with van der Waals surface area (Å²) in [5, 5.41) is 11.9. The van der Waals surface area contributed by atoms with Crippen LogP contribution in [0.2, 0.25) is 5.02 Å². The van der Waals surface area contributed by atoms with E-state index in [-0.39, 0.29) is 18.4 Å². The molecule has 20 heavy (non-hydrogen) atoms. The molecule has 6 heteroatoms. The van der Waals surface area contributed by atoms with Gasteiger partial charge in [0.25, 0.3) is 5.91 Å². The summed E-state index contributed by atoms with van der Waals surface area (Å²) in [6.07, 6.45) is 1.78. The van der Waals surface area contributed by atoms with Crippen LogP contribution < -0.4 is 10.2 Å². The Morgan fingerprint density at radius 3 is 2.90 bits per heavy atom. The van der Waals surface area contributed by atoms with Gasteiger partial charge in [-0.2, -0.15) is 0 Å². The first kappa shape index (κ1) is 14.8. The molecule has 2 amide bonds. The van der Waals surface area contributed by atoms with Gasteiger partial charge < -0.3 is 15.3 Å². The predicted octanol–water partition coefficient (Wildman–Crippen LogP) is 1.58. The minimum Gasteiger partial charge on any atom is -0.396 e. The maximum atomic E-state index is 12.1. The largest absolute Gasteiger partial charge is 0.396 e. The Kier molecular flexibility index (Phi) is 4.98. The number of amides is 2. The number of hydrogen-bond donors (Lipinski definition) is 2. The Morgan fingerprint density at radius 2 is 2.25 bits per heavy atom. The second kappa shape index (κ2) is 6.72. The van der Waals surface area contributed by atoms with Crippen LogP contribution in [-0.2, 0) is 4.79 Å². The molecule has 0 aliphatic carbocycles. The van der Waals surface area contributed by atoms with Gasteiger partial charge in [0.05, 0.1) is 11.3 Å². The average molecular weight is 297 g/mol. The molecule has 0 spiro atoms. The van der Waals surface area contributed by atoms with Crippen molar-refractivity contribution in [3.8, 4) is 0 Å². The molecule has 1 aromatic carbocycles. The Balaban J connectivity index is 2.23. The number of aliphatic hydroxyl groups is 1. The SMILES string of the molecule is O=C(NCCCO)c1ccc(Cl)cc1N1CCCC1=O. The van der Waals surface area contributed by atoms with Crippen molar-refractivity contribution in [2.45, 2.75) is 19.3 Å². The lowest BCUT2D eigenvalue weighted by Crippen LogP contribution is -2.30. The second-order valence-electron chi connectivity index (χ2n) is 4.64. The fraction of sp³-hybridized carbons (Fsp3) is 0.429. The second-order valence-corrected chi connectivity index (χ2v) is 5.08. The fourth-order valence-corrected chi connectivity index (χ4v) is 2.37. The number of anilines is 1. The molecule has 0 aromatic heterocycles. The molecule has 0 radical (unpaired) electrons. The van der Waals surface area contributed by atoms with E-state index in [4.69, 9.17) is 16.7 Å². The highest BCUT2D eigenvalue weighted by atomic mass is 35.5. The van der Waals surface area contributed by atoms with Crippen LogP contribution in [0.4, 0.5) is 5.69 Å². The topological polar surface area (TPSA) is 69.6 Å². The molecule has 1 aromatic rings. The normalized spacial score (nSPS) is 14.7. The highest BCUT2D eigenvalue weighted by molar-refractivity contribution is 6.31. The summed E-state index contributed by atoms with van der Waals surface area (Å²) in [5.41, 5.74) is 0.990. The van der Waals surface area contributed by atoms with Crippen molar-refractivity contribution in [2.24, 2.45) is 0 Å². The van der Waals surface area contributed by atoms with E-state index in [1.807, 2.05) is 0 Å². The molecule has 1 saturated heterocycles. The first-order valence-corrected chi connectivity index (χ1v) is 7.00. The number of rotatable bonds is 5. The van der Waals surface area contributed by atoms with E-state index in [9.17, 15) is 9.59 Å². The predicted molar refractivity (Wildman–Crippen MR) is 77.1 cm³/mol. The third kappa shape index (κ3) is 3.29. The first-order chi connectivity index (χ1) is 9.63. The number of carbonyl (C=O) groups is 2. The van der Waals surface area contributed by atoms with Crippen LogP contribution in [0, 0.1) is 0 Å². The van der Waals surface area contributed by atoms with Gasteiger partial charge in [0.2, 0.25) is 5.91 Å². The number of aliphatic hydroxyl groups excluding tert-OH is 1. The van der Waals surface area contributed by atoms with E-state index in [1.54, 1.807) is 23.1 Å². The minimum atomic E-state index is -0.259. The zero-order valence-corrected chi connectivity index (χ0v) is 11.8. The minimum absolute atomic E-state index is 0.0108. The van der Waals surface area contributed by atoms with E-state index < -0.39 is 0 Å². The van der Waals surface area contributed by atoms with Crippen molar-refractivity contribution >= 4 is 29.1 Å². The fourth-order valence-electron chi connectivity index (χ4n) is 2.20. The van der Waals surface area contributed by atoms with Gasteiger partial charge in [0.15, 0.2) is 0 Å². The van der Waals surface area contributed by atoms with E-state index in [2.05, 4.69) is 5.32 Å². The van der Waals surface area contributed by atoms with Gasteiger partial charge in [-0.3, -0.25) is 9.59 Å². The number of hydrogen-bond acceptors (Lipinski definition) is 3.